The van der Waals surface area contributed by atoms with Gasteiger partial charge in [0.05, 0.1) is 0 Å². The van der Waals surface area contributed by atoms with Gasteiger partial charge in [-0.15, -0.1) is 0 Å². The molecule has 1 aromatic carbocycles. The fourth-order valence-electron chi connectivity index (χ4n) is 1.05. The second kappa shape index (κ2) is 4.62. The maximum absolute atomic E-state index is 9.91. The molecule has 0 aliphatic heterocycles. The Morgan fingerprint density at radius 1 is 1.46 bits per heavy atom. The van der Waals surface area contributed by atoms with E-state index in [2.05, 4.69) is 4.74 Å². The molecule has 70 valence electrons. The highest BCUT2D eigenvalue weighted by molar-refractivity contribution is 5.37. The van der Waals surface area contributed by atoms with Crippen molar-refractivity contribution in [2.45, 2.75) is 19.6 Å². The van der Waals surface area contributed by atoms with Crippen molar-refractivity contribution < 1.29 is 9.53 Å². The van der Waals surface area contributed by atoms with E-state index in [0.717, 1.165) is 11.1 Å². The van der Waals surface area contributed by atoms with Crippen LogP contribution in [-0.4, -0.2) is 6.47 Å². The van der Waals surface area contributed by atoms with Gasteiger partial charge >= 0.3 is 0 Å². The van der Waals surface area contributed by atoms with Gasteiger partial charge in [0.25, 0.3) is 6.47 Å². The number of ether oxygens (including phenoxy) is 1. The van der Waals surface area contributed by atoms with Gasteiger partial charge in [-0.25, -0.2) is 0 Å². The number of benzene rings is 1. The van der Waals surface area contributed by atoms with Crippen molar-refractivity contribution in [1.82, 2.24) is 0 Å². The first-order valence-corrected chi connectivity index (χ1v) is 4.13. The summed E-state index contributed by atoms with van der Waals surface area (Å²) in [5, 5.41) is 0. The molecule has 0 fully saturated rings. The Hall–Kier alpha value is -1.35. The number of carbonyl (C=O) groups is 1. The largest absolute Gasteiger partial charge is 0.463 e. The minimum absolute atomic E-state index is 0.0426. The molecule has 3 heteroatoms. The van der Waals surface area contributed by atoms with Gasteiger partial charge in [-0.2, -0.15) is 0 Å². The molecule has 3 nitrogen and oxygen atoms in total. The smallest absolute Gasteiger partial charge is 0.293 e. The maximum Gasteiger partial charge on any atom is 0.293 e. The standard InChI is InChI=1S/C10H13NO2/c1-8(11)10-4-2-9(3-5-10)6-13-7-12/h2-5,7-8H,6,11H2,1H3. The van der Waals surface area contributed by atoms with E-state index in [1.807, 2.05) is 31.2 Å². The van der Waals surface area contributed by atoms with Crippen molar-refractivity contribution in [1.29, 1.82) is 0 Å². The third kappa shape index (κ3) is 2.87. The Labute approximate surface area is 77.5 Å². The second-order valence-electron chi connectivity index (χ2n) is 2.94. The number of rotatable bonds is 4. The average molecular weight is 179 g/mol. The van der Waals surface area contributed by atoms with E-state index < -0.39 is 0 Å². The minimum Gasteiger partial charge on any atom is -0.463 e. The highest BCUT2D eigenvalue weighted by Crippen LogP contribution is 2.10. The van der Waals surface area contributed by atoms with Crippen LogP contribution in [0.3, 0.4) is 0 Å². The SMILES string of the molecule is CC(N)c1ccc(COC=O)cc1. The third-order valence-electron chi connectivity index (χ3n) is 1.82. The quantitative estimate of drug-likeness (QED) is 0.710. The number of hydrogen-bond donors (Lipinski definition) is 1. The zero-order valence-electron chi connectivity index (χ0n) is 7.57. The lowest BCUT2D eigenvalue weighted by Crippen LogP contribution is -2.04. The normalized spacial score (nSPS) is 12.2. The summed E-state index contributed by atoms with van der Waals surface area (Å²) in [7, 11) is 0. The highest BCUT2D eigenvalue weighted by atomic mass is 16.5. The Morgan fingerprint density at radius 3 is 2.54 bits per heavy atom. The molecule has 0 aliphatic carbocycles. The van der Waals surface area contributed by atoms with E-state index in [1.165, 1.54) is 0 Å². The van der Waals surface area contributed by atoms with E-state index in [1.54, 1.807) is 0 Å². The Balaban J connectivity index is 2.64. The Bertz CT molecular complexity index is 267. The summed E-state index contributed by atoms with van der Waals surface area (Å²) in [5.74, 6) is 0. The van der Waals surface area contributed by atoms with Crippen molar-refractivity contribution >= 4 is 6.47 Å². The first-order valence-electron chi connectivity index (χ1n) is 4.13. The minimum atomic E-state index is 0.0426. The summed E-state index contributed by atoms with van der Waals surface area (Å²) in [6.45, 7) is 2.69. The second-order valence-corrected chi connectivity index (χ2v) is 2.94. The summed E-state index contributed by atoms with van der Waals surface area (Å²) in [4.78, 5) is 9.91. The number of hydrogen-bond acceptors (Lipinski definition) is 3. The van der Waals surface area contributed by atoms with Crippen molar-refractivity contribution in [3.8, 4) is 0 Å². The van der Waals surface area contributed by atoms with Crippen molar-refractivity contribution in [3.05, 3.63) is 35.4 Å². The third-order valence-corrected chi connectivity index (χ3v) is 1.82. The molecule has 0 spiro atoms. The molecule has 0 amide bonds. The summed E-state index contributed by atoms with van der Waals surface area (Å²) in [5.41, 5.74) is 7.72. The topological polar surface area (TPSA) is 52.3 Å². The van der Waals surface area contributed by atoms with E-state index in [4.69, 9.17) is 5.73 Å². The molecule has 0 bridgehead atoms. The monoisotopic (exact) mass is 179 g/mol. The number of carbonyl (C=O) groups excluding carboxylic acids is 1. The summed E-state index contributed by atoms with van der Waals surface area (Å²) in [6.07, 6.45) is 0. The highest BCUT2D eigenvalue weighted by Gasteiger charge is 1.98. The molecule has 0 saturated carbocycles. The summed E-state index contributed by atoms with van der Waals surface area (Å²) in [6, 6.07) is 7.73. The molecule has 1 rings (SSSR count). The van der Waals surface area contributed by atoms with Gasteiger partial charge in [-0.3, -0.25) is 4.79 Å². The van der Waals surface area contributed by atoms with Gasteiger partial charge in [0, 0.05) is 6.04 Å². The zero-order chi connectivity index (χ0) is 9.68. The lowest BCUT2D eigenvalue weighted by atomic mass is 10.1. The molecule has 1 atom stereocenters. The van der Waals surface area contributed by atoms with Crippen LogP contribution in [0.25, 0.3) is 0 Å². The van der Waals surface area contributed by atoms with E-state index in [-0.39, 0.29) is 6.04 Å². The molecular weight excluding hydrogens is 166 g/mol. The van der Waals surface area contributed by atoms with Crippen LogP contribution in [0.15, 0.2) is 24.3 Å². The molecule has 2 N–H and O–H groups in total. The molecule has 1 unspecified atom stereocenters. The predicted molar refractivity (Wildman–Crippen MR) is 49.9 cm³/mol. The van der Waals surface area contributed by atoms with Crippen LogP contribution >= 0.6 is 0 Å². The zero-order valence-corrected chi connectivity index (χ0v) is 7.57. The van der Waals surface area contributed by atoms with Crippen LogP contribution in [0.2, 0.25) is 0 Å². The van der Waals surface area contributed by atoms with Crippen LogP contribution < -0.4 is 5.73 Å². The fourth-order valence-corrected chi connectivity index (χ4v) is 1.05. The van der Waals surface area contributed by atoms with Gasteiger partial charge in [0.15, 0.2) is 0 Å². The molecule has 13 heavy (non-hydrogen) atoms. The average Bonchev–Trinajstić information content (AvgIpc) is 2.15. The summed E-state index contributed by atoms with van der Waals surface area (Å²) >= 11 is 0. The van der Waals surface area contributed by atoms with Crippen LogP contribution in [0, 0.1) is 0 Å². The van der Waals surface area contributed by atoms with Crippen molar-refractivity contribution in [3.63, 3.8) is 0 Å². The van der Waals surface area contributed by atoms with Gasteiger partial charge < -0.3 is 10.5 Å². The number of nitrogens with two attached hydrogens (primary N) is 1. The molecule has 0 radical (unpaired) electrons. The Morgan fingerprint density at radius 2 is 2.08 bits per heavy atom. The Kier molecular flexibility index (Phi) is 3.46. The van der Waals surface area contributed by atoms with Crippen LogP contribution in [0.4, 0.5) is 0 Å². The van der Waals surface area contributed by atoms with Crippen molar-refractivity contribution in [2.75, 3.05) is 0 Å². The van der Waals surface area contributed by atoms with Gasteiger partial charge in [-0.05, 0) is 18.1 Å². The van der Waals surface area contributed by atoms with Gasteiger partial charge in [-0.1, -0.05) is 24.3 Å². The molecule has 1 aromatic rings. The molecular formula is C10H13NO2. The molecule has 0 saturated heterocycles. The maximum atomic E-state index is 9.91. The molecule has 0 aliphatic rings. The van der Waals surface area contributed by atoms with Crippen LogP contribution in [0.1, 0.15) is 24.1 Å². The molecule has 0 aromatic heterocycles. The lowest BCUT2D eigenvalue weighted by Gasteiger charge is -2.05. The van der Waals surface area contributed by atoms with E-state index >= 15 is 0 Å². The van der Waals surface area contributed by atoms with Crippen LogP contribution in [-0.2, 0) is 16.1 Å². The molecule has 0 heterocycles. The summed E-state index contributed by atoms with van der Waals surface area (Å²) < 4.78 is 4.61. The van der Waals surface area contributed by atoms with Crippen molar-refractivity contribution in [2.24, 2.45) is 5.73 Å². The lowest BCUT2D eigenvalue weighted by molar-refractivity contribution is -0.129. The van der Waals surface area contributed by atoms with Gasteiger partial charge in [0.1, 0.15) is 6.61 Å². The fraction of sp³-hybridized carbons (Fsp3) is 0.300. The van der Waals surface area contributed by atoms with E-state index in [9.17, 15) is 4.79 Å². The first-order chi connectivity index (χ1) is 6.24. The first kappa shape index (κ1) is 9.74. The van der Waals surface area contributed by atoms with Gasteiger partial charge in [0.2, 0.25) is 0 Å². The van der Waals surface area contributed by atoms with Crippen LogP contribution in [0.5, 0.6) is 0 Å². The predicted octanol–water partition coefficient (Wildman–Crippen LogP) is 1.38. The van der Waals surface area contributed by atoms with E-state index in [0.29, 0.717) is 13.1 Å².